The van der Waals surface area contributed by atoms with E-state index in [4.69, 9.17) is 11.6 Å². The number of anilines is 1. The van der Waals surface area contributed by atoms with Crippen molar-refractivity contribution in [3.8, 4) is 11.1 Å². The fraction of sp³-hybridized carbons (Fsp3) is 0.333. The van der Waals surface area contributed by atoms with Crippen LogP contribution in [0.25, 0.3) is 11.1 Å². The Morgan fingerprint density at radius 3 is 2.33 bits per heavy atom. The minimum atomic E-state index is -0.537. The van der Waals surface area contributed by atoms with E-state index in [1.165, 1.54) is 6.07 Å². The summed E-state index contributed by atoms with van der Waals surface area (Å²) < 4.78 is 14.2. The molecule has 3 aromatic rings. The van der Waals surface area contributed by atoms with Gasteiger partial charge < -0.3 is 10.0 Å². The maximum atomic E-state index is 14.2. The summed E-state index contributed by atoms with van der Waals surface area (Å²) in [6.07, 6.45) is 7.09. The lowest BCUT2D eigenvalue weighted by Crippen LogP contribution is -2.45. The van der Waals surface area contributed by atoms with Crippen molar-refractivity contribution in [2.24, 2.45) is 5.92 Å². The summed E-state index contributed by atoms with van der Waals surface area (Å²) in [4.78, 5) is 11.2. The van der Waals surface area contributed by atoms with Gasteiger partial charge in [-0.25, -0.2) is 14.4 Å². The van der Waals surface area contributed by atoms with Gasteiger partial charge in [-0.15, -0.1) is 0 Å². The molecule has 3 atom stereocenters. The second-order valence-electron chi connectivity index (χ2n) is 8.26. The number of fused-ring (bicyclic) bond motifs is 2. The predicted octanol–water partition coefficient (Wildman–Crippen LogP) is 5.42. The Balaban J connectivity index is 1.32. The van der Waals surface area contributed by atoms with E-state index < -0.39 is 6.10 Å². The van der Waals surface area contributed by atoms with E-state index in [0.717, 1.165) is 42.8 Å². The molecule has 2 aliphatic heterocycles. The minimum Gasteiger partial charge on any atom is -0.388 e. The Morgan fingerprint density at radius 2 is 1.67 bits per heavy atom. The third-order valence-corrected chi connectivity index (χ3v) is 6.73. The van der Waals surface area contributed by atoms with Crippen molar-refractivity contribution in [2.45, 2.75) is 43.9 Å². The first-order chi connectivity index (χ1) is 14.6. The molecule has 0 saturated carbocycles. The highest BCUT2D eigenvalue weighted by atomic mass is 35.5. The largest absolute Gasteiger partial charge is 0.388 e. The van der Waals surface area contributed by atoms with Gasteiger partial charge in [0.2, 0.25) is 5.95 Å². The zero-order chi connectivity index (χ0) is 20.7. The van der Waals surface area contributed by atoms with E-state index in [1.807, 2.05) is 30.3 Å². The smallest absolute Gasteiger partial charge is 0.225 e. The molecule has 2 aliphatic rings. The fourth-order valence-electron chi connectivity index (χ4n) is 5.08. The van der Waals surface area contributed by atoms with Crippen molar-refractivity contribution in [1.82, 2.24) is 9.97 Å². The predicted molar refractivity (Wildman–Crippen MR) is 116 cm³/mol. The summed E-state index contributed by atoms with van der Waals surface area (Å²) in [6, 6.07) is 14.6. The molecule has 3 heterocycles. The fourth-order valence-corrected chi connectivity index (χ4v) is 5.25. The highest BCUT2D eigenvalue weighted by Gasteiger charge is 2.44. The van der Waals surface area contributed by atoms with E-state index >= 15 is 0 Å². The van der Waals surface area contributed by atoms with Crippen molar-refractivity contribution in [1.29, 1.82) is 0 Å². The average Bonchev–Trinajstić information content (AvgIpc) is 3.05. The maximum absolute atomic E-state index is 14.2. The van der Waals surface area contributed by atoms with Crippen LogP contribution in [0, 0.1) is 11.7 Å². The molecular formula is C24H23ClFN3O. The Morgan fingerprint density at radius 1 is 1.00 bits per heavy atom. The van der Waals surface area contributed by atoms with E-state index in [1.54, 1.807) is 24.5 Å². The van der Waals surface area contributed by atoms with E-state index in [9.17, 15) is 9.50 Å². The molecule has 0 radical (unpaired) electrons. The van der Waals surface area contributed by atoms with Gasteiger partial charge in [0.15, 0.2) is 0 Å². The summed E-state index contributed by atoms with van der Waals surface area (Å²) in [5.74, 6) is 0.682. The number of benzene rings is 2. The molecule has 6 heteroatoms. The molecule has 1 N–H and O–H groups in total. The van der Waals surface area contributed by atoms with Crippen LogP contribution in [0.2, 0.25) is 5.02 Å². The Labute approximate surface area is 180 Å². The number of rotatable bonds is 4. The number of nitrogens with zero attached hydrogens (tertiary/aromatic N) is 3. The van der Waals surface area contributed by atoms with Crippen LogP contribution in [0.3, 0.4) is 0 Å². The topological polar surface area (TPSA) is 49.2 Å². The van der Waals surface area contributed by atoms with Gasteiger partial charge in [0.1, 0.15) is 5.82 Å². The van der Waals surface area contributed by atoms with Crippen molar-refractivity contribution >= 4 is 17.5 Å². The second kappa shape index (κ2) is 7.97. The lowest BCUT2D eigenvalue weighted by Gasteiger charge is -2.40. The van der Waals surface area contributed by atoms with Crippen LogP contribution in [0.15, 0.2) is 60.9 Å². The van der Waals surface area contributed by atoms with Gasteiger partial charge >= 0.3 is 0 Å². The molecule has 2 fully saturated rings. The number of aliphatic hydroxyl groups is 1. The van der Waals surface area contributed by atoms with Gasteiger partial charge in [0.25, 0.3) is 0 Å². The van der Waals surface area contributed by atoms with Crippen molar-refractivity contribution < 1.29 is 9.50 Å². The van der Waals surface area contributed by atoms with E-state index in [2.05, 4.69) is 14.9 Å². The Kier molecular flexibility index (Phi) is 5.17. The van der Waals surface area contributed by atoms with Crippen molar-refractivity contribution in [2.75, 3.05) is 4.90 Å². The summed E-state index contributed by atoms with van der Waals surface area (Å²) in [7, 11) is 0. The zero-order valence-corrected chi connectivity index (χ0v) is 17.2. The summed E-state index contributed by atoms with van der Waals surface area (Å²) in [6.45, 7) is 0. The maximum Gasteiger partial charge on any atom is 0.225 e. The summed E-state index contributed by atoms with van der Waals surface area (Å²) >= 11 is 6.02. The first-order valence-electron chi connectivity index (χ1n) is 10.4. The lowest BCUT2D eigenvalue weighted by molar-refractivity contribution is 0.0824. The molecule has 0 spiro atoms. The first-order valence-corrected chi connectivity index (χ1v) is 10.8. The molecular weight excluding hydrogens is 401 g/mol. The van der Waals surface area contributed by atoms with Crippen LogP contribution in [0.1, 0.15) is 37.4 Å². The van der Waals surface area contributed by atoms with Crippen LogP contribution in [0.4, 0.5) is 10.3 Å². The molecule has 1 aromatic heterocycles. The number of halogens is 2. The molecule has 5 rings (SSSR count). The number of hydrogen-bond donors (Lipinski definition) is 1. The molecule has 2 bridgehead atoms. The molecule has 2 aromatic carbocycles. The van der Waals surface area contributed by atoms with Gasteiger partial charge in [-0.1, -0.05) is 35.9 Å². The standard InChI is InChI=1S/C24H23ClFN3O/c25-18-6-9-22(26)21(14-18)15-2-4-16(5-3-15)23(30)17-12-19-7-8-20(13-17)29(19)24-27-10-1-11-28-24/h1-6,9-11,14,17,19-20,23,30H,7-8,12-13H2. The molecule has 0 amide bonds. The van der Waals surface area contributed by atoms with Gasteiger partial charge in [0.05, 0.1) is 6.10 Å². The van der Waals surface area contributed by atoms with Crippen molar-refractivity contribution in [3.63, 3.8) is 0 Å². The number of aromatic nitrogens is 2. The molecule has 3 unspecified atom stereocenters. The third-order valence-electron chi connectivity index (χ3n) is 6.49. The lowest BCUT2D eigenvalue weighted by atomic mass is 9.83. The van der Waals surface area contributed by atoms with Crippen LogP contribution >= 0.6 is 11.6 Å². The number of aliphatic hydroxyl groups excluding tert-OH is 1. The SMILES string of the molecule is OC(c1ccc(-c2cc(Cl)ccc2F)cc1)C1CC2CCC(C1)N2c1ncccn1. The van der Waals surface area contributed by atoms with Crippen LogP contribution < -0.4 is 4.90 Å². The zero-order valence-electron chi connectivity index (χ0n) is 16.5. The highest BCUT2D eigenvalue weighted by Crippen LogP contribution is 2.44. The van der Waals surface area contributed by atoms with Crippen LogP contribution in [-0.2, 0) is 0 Å². The summed E-state index contributed by atoms with van der Waals surface area (Å²) in [5, 5.41) is 11.6. The second-order valence-corrected chi connectivity index (χ2v) is 8.70. The van der Waals surface area contributed by atoms with Crippen LogP contribution in [0.5, 0.6) is 0 Å². The Hall–Kier alpha value is -2.50. The Bertz CT molecular complexity index is 1020. The van der Waals surface area contributed by atoms with E-state index in [0.29, 0.717) is 22.7 Å². The third kappa shape index (κ3) is 3.57. The van der Waals surface area contributed by atoms with Gasteiger partial charge in [-0.3, -0.25) is 0 Å². The van der Waals surface area contributed by atoms with Gasteiger partial charge in [-0.05, 0) is 67.0 Å². The molecule has 30 heavy (non-hydrogen) atoms. The van der Waals surface area contributed by atoms with Crippen molar-refractivity contribution in [3.05, 3.63) is 77.3 Å². The minimum absolute atomic E-state index is 0.191. The number of hydrogen-bond acceptors (Lipinski definition) is 4. The van der Waals surface area contributed by atoms with Gasteiger partial charge in [-0.2, -0.15) is 0 Å². The number of piperidine rings is 1. The van der Waals surface area contributed by atoms with Crippen LogP contribution in [-0.4, -0.2) is 27.2 Å². The quantitative estimate of drug-likeness (QED) is 0.609. The van der Waals surface area contributed by atoms with E-state index in [-0.39, 0.29) is 11.7 Å². The van der Waals surface area contributed by atoms with Gasteiger partial charge in [0, 0.05) is 35.1 Å². The highest BCUT2D eigenvalue weighted by molar-refractivity contribution is 6.30. The first kappa shape index (κ1) is 19.5. The molecule has 4 nitrogen and oxygen atoms in total. The molecule has 0 aliphatic carbocycles. The average molecular weight is 424 g/mol. The summed E-state index contributed by atoms with van der Waals surface area (Å²) in [5.41, 5.74) is 2.09. The monoisotopic (exact) mass is 423 g/mol. The molecule has 2 saturated heterocycles. The molecule has 154 valence electrons. The normalized spacial score (nSPS) is 24.1.